The Morgan fingerprint density at radius 3 is 2.31 bits per heavy atom. The van der Waals surface area contributed by atoms with Crippen LogP contribution >= 0.6 is 0 Å². The Labute approximate surface area is 211 Å². The van der Waals surface area contributed by atoms with Crippen molar-refractivity contribution >= 4 is 23.1 Å². The van der Waals surface area contributed by atoms with Gasteiger partial charge in [-0.25, -0.2) is 0 Å². The monoisotopic (exact) mass is 485 g/mol. The van der Waals surface area contributed by atoms with E-state index in [0.29, 0.717) is 28.3 Å². The van der Waals surface area contributed by atoms with Crippen LogP contribution in [0.1, 0.15) is 47.7 Å². The molecule has 36 heavy (non-hydrogen) atoms. The van der Waals surface area contributed by atoms with Crippen LogP contribution in [0.3, 0.4) is 0 Å². The lowest BCUT2D eigenvalue weighted by molar-refractivity contribution is -0.132. The molecule has 3 aromatic carbocycles. The molecule has 0 radical (unpaired) electrons. The normalized spacial score (nSPS) is 17.1. The number of Topliss-reactive ketones (excluding diaryl/α,β-unsaturated/α-hetero) is 1. The van der Waals surface area contributed by atoms with Crippen LogP contribution in [-0.4, -0.2) is 30.0 Å². The van der Waals surface area contributed by atoms with Crippen molar-refractivity contribution in [3.63, 3.8) is 0 Å². The van der Waals surface area contributed by atoms with Crippen LogP contribution in [0, 0.1) is 20.8 Å². The highest BCUT2D eigenvalue weighted by molar-refractivity contribution is 6.51. The van der Waals surface area contributed by atoms with E-state index in [1.165, 1.54) is 4.90 Å². The molecule has 3 aromatic rings. The molecule has 0 spiro atoms. The Morgan fingerprint density at radius 1 is 0.917 bits per heavy atom. The number of aliphatic hydroxyl groups excluding tert-OH is 1. The maximum atomic E-state index is 13.4. The standard InChI is InChI=1S/C30H31NO5/c1-17(2)36-24-9-7-8-21(16-24)27-26(28(32)22-11-13-25(35-6)20(5)14-22)29(33)30(34)31(27)23-12-10-18(3)19(4)15-23/h7-17,27,32H,1-6H3/b28-26+. The van der Waals surface area contributed by atoms with Gasteiger partial charge in [0.05, 0.1) is 24.8 Å². The Hall–Kier alpha value is -4.06. The molecule has 1 saturated heterocycles. The number of ether oxygens (including phenoxy) is 2. The summed E-state index contributed by atoms with van der Waals surface area (Å²) in [7, 11) is 1.57. The minimum Gasteiger partial charge on any atom is -0.507 e. The molecule has 1 atom stereocenters. The van der Waals surface area contributed by atoms with E-state index in [9.17, 15) is 14.7 Å². The SMILES string of the molecule is COc1ccc(/C(O)=C2\C(=O)C(=O)N(c3ccc(C)c(C)c3)C2c2cccc(OC(C)C)c2)cc1C. The number of methoxy groups -OCH3 is 1. The second-order valence-corrected chi connectivity index (χ2v) is 9.36. The molecule has 1 fully saturated rings. The number of rotatable bonds is 6. The number of aliphatic hydroxyl groups is 1. The second kappa shape index (κ2) is 9.90. The molecule has 1 N–H and O–H groups in total. The van der Waals surface area contributed by atoms with Crippen LogP contribution in [-0.2, 0) is 9.59 Å². The summed E-state index contributed by atoms with van der Waals surface area (Å²) in [4.78, 5) is 28.4. The van der Waals surface area contributed by atoms with Gasteiger partial charge in [0.15, 0.2) is 0 Å². The molecule has 1 aliphatic heterocycles. The Balaban J connectivity index is 1.94. The number of nitrogens with zero attached hydrogens (tertiary/aromatic N) is 1. The molecule has 1 unspecified atom stereocenters. The van der Waals surface area contributed by atoms with Gasteiger partial charge in [-0.2, -0.15) is 0 Å². The number of carbonyl (C=O) groups excluding carboxylic acids is 2. The zero-order chi connectivity index (χ0) is 26.1. The largest absolute Gasteiger partial charge is 0.507 e. The van der Waals surface area contributed by atoms with Gasteiger partial charge in [-0.15, -0.1) is 0 Å². The maximum Gasteiger partial charge on any atom is 0.300 e. The molecule has 6 heteroatoms. The van der Waals surface area contributed by atoms with Crippen molar-refractivity contribution in [1.29, 1.82) is 0 Å². The molecule has 0 aliphatic carbocycles. The first kappa shape index (κ1) is 25.0. The van der Waals surface area contributed by atoms with E-state index in [0.717, 1.165) is 16.7 Å². The number of ketones is 1. The van der Waals surface area contributed by atoms with Gasteiger partial charge >= 0.3 is 0 Å². The molecule has 1 heterocycles. The lowest BCUT2D eigenvalue weighted by Gasteiger charge is -2.26. The van der Waals surface area contributed by atoms with E-state index in [2.05, 4.69) is 0 Å². The number of benzene rings is 3. The van der Waals surface area contributed by atoms with Gasteiger partial charge in [0.25, 0.3) is 11.7 Å². The van der Waals surface area contributed by atoms with Crippen molar-refractivity contribution in [1.82, 2.24) is 0 Å². The molecule has 0 bridgehead atoms. The van der Waals surface area contributed by atoms with Gasteiger partial charge < -0.3 is 14.6 Å². The van der Waals surface area contributed by atoms with Crippen molar-refractivity contribution in [2.24, 2.45) is 0 Å². The van der Waals surface area contributed by atoms with E-state index in [1.807, 2.05) is 77.1 Å². The lowest BCUT2D eigenvalue weighted by Crippen LogP contribution is -2.29. The molecule has 1 aliphatic rings. The van der Waals surface area contributed by atoms with Gasteiger partial charge in [-0.05, 0) is 99.3 Å². The van der Waals surface area contributed by atoms with Crippen LogP contribution < -0.4 is 14.4 Å². The minimum atomic E-state index is -0.828. The van der Waals surface area contributed by atoms with Crippen molar-refractivity contribution in [2.45, 2.75) is 46.8 Å². The van der Waals surface area contributed by atoms with Gasteiger partial charge in [0.1, 0.15) is 17.3 Å². The van der Waals surface area contributed by atoms with E-state index in [-0.39, 0.29) is 17.4 Å². The highest BCUT2D eigenvalue weighted by Gasteiger charge is 2.47. The van der Waals surface area contributed by atoms with Crippen LogP contribution in [0.5, 0.6) is 11.5 Å². The van der Waals surface area contributed by atoms with Crippen molar-refractivity contribution in [2.75, 3.05) is 12.0 Å². The number of anilines is 1. The fourth-order valence-electron chi connectivity index (χ4n) is 4.50. The summed E-state index contributed by atoms with van der Waals surface area (Å²) in [5.74, 6) is -0.374. The number of hydrogen-bond acceptors (Lipinski definition) is 5. The van der Waals surface area contributed by atoms with E-state index in [4.69, 9.17) is 9.47 Å². The van der Waals surface area contributed by atoms with Gasteiger partial charge in [-0.3, -0.25) is 14.5 Å². The van der Waals surface area contributed by atoms with Gasteiger partial charge in [-0.1, -0.05) is 18.2 Å². The molecule has 0 saturated carbocycles. The third kappa shape index (κ3) is 4.59. The average molecular weight is 486 g/mol. The molecule has 4 rings (SSSR count). The predicted octanol–water partition coefficient (Wildman–Crippen LogP) is 6.03. The molecular formula is C30H31NO5. The van der Waals surface area contributed by atoms with Crippen molar-refractivity contribution < 1.29 is 24.2 Å². The first-order valence-electron chi connectivity index (χ1n) is 11.9. The van der Waals surface area contributed by atoms with Crippen LogP contribution in [0.15, 0.2) is 66.2 Å². The van der Waals surface area contributed by atoms with E-state index in [1.54, 1.807) is 25.3 Å². The summed E-state index contributed by atoms with van der Waals surface area (Å²) in [6.45, 7) is 9.66. The van der Waals surface area contributed by atoms with Crippen LogP contribution in [0.4, 0.5) is 5.69 Å². The highest BCUT2D eigenvalue weighted by atomic mass is 16.5. The Kier molecular flexibility index (Phi) is 6.88. The number of hydrogen-bond donors (Lipinski definition) is 1. The van der Waals surface area contributed by atoms with Crippen LogP contribution in [0.2, 0.25) is 0 Å². The summed E-state index contributed by atoms with van der Waals surface area (Å²) in [5.41, 5.74) is 4.59. The lowest BCUT2D eigenvalue weighted by atomic mass is 9.94. The predicted molar refractivity (Wildman–Crippen MR) is 141 cm³/mol. The zero-order valence-corrected chi connectivity index (χ0v) is 21.5. The molecule has 0 aromatic heterocycles. The summed E-state index contributed by atoms with van der Waals surface area (Å²) in [6, 6.07) is 17.3. The summed E-state index contributed by atoms with van der Waals surface area (Å²) < 4.78 is 11.2. The third-order valence-electron chi connectivity index (χ3n) is 6.43. The first-order valence-corrected chi connectivity index (χ1v) is 11.9. The summed E-state index contributed by atoms with van der Waals surface area (Å²) in [6.07, 6.45) is -0.0476. The van der Waals surface area contributed by atoms with E-state index >= 15 is 0 Å². The minimum absolute atomic E-state index is 0.0319. The molecular weight excluding hydrogens is 454 g/mol. The smallest absolute Gasteiger partial charge is 0.300 e. The molecule has 1 amide bonds. The first-order chi connectivity index (χ1) is 17.1. The maximum absolute atomic E-state index is 13.4. The number of amides is 1. The summed E-state index contributed by atoms with van der Waals surface area (Å²) in [5, 5.41) is 11.4. The average Bonchev–Trinajstić information content (AvgIpc) is 3.10. The third-order valence-corrected chi connectivity index (χ3v) is 6.43. The zero-order valence-electron chi connectivity index (χ0n) is 21.5. The Morgan fingerprint density at radius 2 is 1.67 bits per heavy atom. The van der Waals surface area contributed by atoms with Crippen molar-refractivity contribution in [3.8, 4) is 11.5 Å². The quantitative estimate of drug-likeness (QED) is 0.262. The fourth-order valence-corrected chi connectivity index (χ4v) is 4.50. The molecule has 6 nitrogen and oxygen atoms in total. The highest BCUT2D eigenvalue weighted by Crippen LogP contribution is 2.43. The fraction of sp³-hybridized carbons (Fsp3) is 0.267. The topological polar surface area (TPSA) is 76.1 Å². The molecule has 186 valence electrons. The second-order valence-electron chi connectivity index (χ2n) is 9.36. The summed E-state index contributed by atoms with van der Waals surface area (Å²) >= 11 is 0. The van der Waals surface area contributed by atoms with Crippen molar-refractivity contribution in [3.05, 3.63) is 94.1 Å². The number of aryl methyl sites for hydroxylation is 3. The van der Waals surface area contributed by atoms with Crippen LogP contribution in [0.25, 0.3) is 5.76 Å². The Bertz CT molecular complexity index is 1370. The van der Waals surface area contributed by atoms with Gasteiger partial charge in [0, 0.05) is 11.3 Å². The van der Waals surface area contributed by atoms with Gasteiger partial charge in [0.2, 0.25) is 0 Å². The number of carbonyl (C=O) groups is 2. The van der Waals surface area contributed by atoms with E-state index < -0.39 is 17.7 Å².